The third-order valence-corrected chi connectivity index (χ3v) is 5.64. The molecule has 0 aromatic heterocycles. The molecule has 3 rings (SSSR count). The number of ketones is 1. The summed E-state index contributed by atoms with van der Waals surface area (Å²) in [5, 5.41) is 0. The van der Waals surface area contributed by atoms with Crippen molar-refractivity contribution >= 4 is 21.8 Å². The van der Waals surface area contributed by atoms with E-state index in [1.54, 1.807) is 32.0 Å². The van der Waals surface area contributed by atoms with E-state index < -0.39 is 34.9 Å². The predicted octanol–water partition coefficient (Wildman–Crippen LogP) is 1.74. The maximum absolute atomic E-state index is 12.4. The Labute approximate surface area is 162 Å². The van der Waals surface area contributed by atoms with Gasteiger partial charge in [-0.25, -0.2) is 8.42 Å². The number of hydrogen-bond acceptors (Lipinski definition) is 7. The van der Waals surface area contributed by atoms with E-state index in [9.17, 15) is 18.0 Å². The van der Waals surface area contributed by atoms with Crippen LogP contribution < -0.4 is 14.2 Å². The van der Waals surface area contributed by atoms with Gasteiger partial charge in [0.1, 0.15) is 6.54 Å². The van der Waals surface area contributed by atoms with Gasteiger partial charge in [-0.1, -0.05) is 12.1 Å². The Hall–Kier alpha value is -2.91. The number of nitrogens with one attached hydrogen (secondary N) is 1. The minimum atomic E-state index is -3.87. The van der Waals surface area contributed by atoms with Crippen molar-refractivity contribution in [3.63, 3.8) is 0 Å². The van der Waals surface area contributed by atoms with Crippen molar-refractivity contribution in [1.82, 2.24) is 4.72 Å². The van der Waals surface area contributed by atoms with E-state index in [2.05, 4.69) is 4.72 Å². The number of Topliss-reactive ketones (excluding diaryl/α,β-unsaturated/α-hetero) is 1. The van der Waals surface area contributed by atoms with Crippen LogP contribution in [0.25, 0.3) is 0 Å². The van der Waals surface area contributed by atoms with Gasteiger partial charge in [-0.05, 0) is 49.2 Å². The smallest absolute Gasteiger partial charge is 0.321 e. The highest BCUT2D eigenvalue weighted by molar-refractivity contribution is 7.89. The summed E-state index contributed by atoms with van der Waals surface area (Å²) < 4.78 is 42.2. The third-order valence-electron chi connectivity index (χ3n) is 4.10. The van der Waals surface area contributed by atoms with Crippen LogP contribution in [0.2, 0.25) is 0 Å². The second-order valence-corrected chi connectivity index (χ2v) is 7.98. The fourth-order valence-corrected chi connectivity index (χ4v) is 3.88. The first-order chi connectivity index (χ1) is 13.3. The maximum atomic E-state index is 12.4. The Morgan fingerprint density at radius 3 is 2.61 bits per heavy atom. The molecule has 1 aliphatic rings. The van der Waals surface area contributed by atoms with E-state index in [1.807, 2.05) is 0 Å². The van der Waals surface area contributed by atoms with Crippen molar-refractivity contribution in [3.05, 3.63) is 53.1 Å². The first kappa shape index (κ1) is 19.8. The largest absolute Gasteiger partial charge is 0.456 e. The molecule has 0 amide bonds. The van der Waals surface area contributed by atoms with Crippen molar-refractivity contribution in [2.24, 2.45) is 0 Å². The molecule has 2 aromatic carbocycles. The molecule has 0 bridgehead atoms. The molecule has 0 spiro atoms. The van der Waals surface area contributed by atoms with E-state index in [1.165, 1.54) is 18.2 Å². The summed E-state index contributed by atoms with van der Waals surface area (Å²) in [5.41, 5.74) is 1.64. The van der Waals surface area contributed by atoms with Crippen molar-refractivity contribution < 1.29 is 32.2 Å². The topological polar surface area (TPSA) is 108 Å². The van der Waals surface area contributed by atoms with Gasteiger partial charge in [0.2, 0.25) is 16.8 Å². The molecular formula is C19H19NO7S. The number of carbonyl (C=O) groups excluding carboxylic acids is 2. The highest BCUT2D eigenvalue weighted by Gasteiger charge is 2.20. The monoisotopic (exact) mass is 405 g/mol. The molecule has 148 valence electrons. The van der Waals surface area contributed by atoms with Crippen LogP contribution in [0.4, 0.5) is 0 Å². The quantitative estimate of drug-likeness (QED) is 0.552. The van der Waals surface area contributed by atoms with Gasteiger partial charge in [0.25, 0.3) is 0 Å². The van der Waals surface area contributed by atoms with Gasteiger partial charge >= 0.3 is 5.97 Å². The summed E-state index contributed by atoms with van der Waals surface area (Å²) in [6, 6.07) is 9.63. The van der Waals surface area contributed by atoms with Crippen molar-refractivity contribution in [2.45, 2.75) is 18.7 Å². The van der Waals surface area contributed by atoms with E-state index >= 15 is 0 Å². The van der Waals surface area contributed by atoms with E-state index in [0.29, 0.717) is 22.6 Å². The average molecular weight is 405 g/mol. The van der Waals surface area contributed by atoms with E-state index in [-0.39, 0.29) is 11.7 Å². The lowest BCUT2D eigenvalue weighted by Crippen LogP contribution is -2.32. The van der Waals surface area contributed by atoms with Gasteiger partial charge in [0, 0.05) is 5.56 Å². The van der Waals surface area contributed by atoms with Gasteiger partial charge in [-0.2, -0.15) is 4.72 Å². The van der Waals surface area contributed by atoms with Crippen LogP contribution in [0, 0.1) is 13.8 Å². The molecule has 0 radical (unpaired) electrons. The van der Waals surface area contributed by atoms with Crippen LogP contribution in [0.1, 0.15) is 21.5 Å². The molecule has 0 fully saturated rings. The Morgan fingerprint density at radius 2 is 1.82 bits per heavy atom. The summed E-state index contributed by atoms with van der Waals surface area (Å²) in [6.07, 6.45) is 0. The van der Waals surface area contributed by atoms with Crippen molar-refractivity contribution in [1.29, 1.82) is 0 Å². The number of carbonyl (C=O) groups is 2. The Balaban J connectivity index is 1.54. The lowest BCUT2D eigenvalue weighted by atomic mass is 10.1. The summed E-state index contributed by atoms with van der Waals surface area (Å²) in [6.45, 7) is 2.43. The number of aryl methyl sites for hydroxylation is 2. The number of fused-ring (bicyclic) bond motifs is 1. The van der Waals surface area contributed by atoms with Gasteiger partial charge < -0.3 is 14.2 Å². The molecule has 1 N–H and O–H groups in total. The molecule has 28 heavy (non-hydrogen) atoms. The van der Waals surface area contributed by atoms with Gasteiger partial charge in [0.15, 0.2) is 23.9 Å². The molecule has 8 nitrogen and oxygen atoms in total. The van der Waals surface area contributed by atoms with Crippen LogP contribution in [0.3, 0.4) is 0 Å². The zero-order valence-electron chi connectivity index (χ0n) is 15.4. The average Bonchev–Trinajstić information content (AvgIpc) is 3.14. The second kappa shape index (κ2) is 7.99. The fourth-order valence-electron chi connectivity index (χ4n) is 2.58. The van der Waals surface area contributed by atoms with Gasteiger partial charge in [-0.3, -0.25) is 9.59 Å². The van der Waals surface area contributed by atoms with Crippen LogP contribution >= 0.6 is 0 Å². The number of ether oxygens (including phenoxy) is 3. The van der Waals surface area contributed by atoms with Crippen LogP contribution in [-0.2, 0) is 19.6 Å². The fraction of sp³-hybridized carbons (Fsp3) is 0.263. The molecule has 0 saturated heterocycles. The Kier molecular flexibility index (Phi) is 5.66. The van der Waals surface area contributed by atoms with Gasteiger partial charge in [0.05, 0.1) is 4.90 Å². The summed E-state index contributed by atoms with van der Waals surface area (Å²) in [4.78, 5) is 24.1. The summed E-state index contributed by atoms with van der Waals surface area (Å²) >= 11 is 0. The highest BCUT2D eigenvalue weighted by Crippen LogP contribution is 2.32. The molecule has 0 aliphatic carbocycles. The van der Waals surface area contributed by atoms with Crippen molar-refractivity contribution in [3.8, 4) is 11.5 Å². The van der Waals surface area contributed by atoms with Crippen LogP contribution in [0.15, 0.2) is 41.3 Å². The minimum absolute atomic E-state index is 0.0858. The van der Waals surface area contributed by atoms with Crippen LogP contribution in [-0.4, -0.2) is 40.1 Å². The van der Waals surface area contributed by atoms with Crippen molar-refractivity contribution in [2.75, 3.05) is 19.9 Å². The SMILES string of the molecule is Cc1ccc(C)c(S(=O)(=O)NCC(=O)OCC(=O)c2ccc3c(c2)OCO3)c1. The first-order valence-corrected chi connectivity index (χ1v) is 9.90. The van der Waals surface area contributed by atoms with E-state index in [0.717, 1.165) is 5.56 Å². The zero-order valence-corrected chi connectivity index (χ0v) is 16.2. The molecule has 0 saturated carbocycles. The van der Waals surface area contributed by atoms with Crippen LogP contribution in [0.5, 0.6) is 11.5 Å². The number of esters is 1. The summed E-state index contributed by atoms with van der Waals surface area (Å²) in [7, 11) is -3.87. The Morgan fingerprint density at radius 1 is 1.07 bits per heavy atom. The zero-order chi connectivity index (χ0) is 20.3. The normalized spacial score (nSPS) is 12.6. The lowest BCUT2D eigenvalue weighted by Gasteiger charge is -2.10. The molecule has 2 aromatic rings. The number of rotatable bonds is 7. The lowest BCUT2D eigenvalue weighted by molar-refractivity contribution is -0.141. The second-order valence-electron chi connectivity index (χ2n) is 6.25. The number of sulfonamides is 1. The first-order valence-electron chi connectivity index (χ1n) is 8.41. The molecule has 1 heterocycles. The summed E-state index contributed by atoms with van der Waals surface area (Å²) in [5.74, 6) is -0.320. The highest BCUT2D eigenvalue weighted by atomic mass is 32.2. The third kappa shape index (κ3) is 4.49. The molecule has 0 unspecified atom stereocenters. The predicted molar refractivity (Wildman–Crippen MR) is 99.0 cm³/mol. The number of benzene rings is 2. The molecule has 9 heteroatoms. The molecule has 1 aliphatic heterocycles. The molecular weight excluding hydrogens is 386 g/mol. The van der Waals surface area contributed by atoms with E-state index in [4.69, 9.17) is 14.2 Å². The molecule has 0 atom stereocenters. The standard InChI is InChI=1S/C19H19NO7S/c1-12-3-4-13(2)18(7-12)28(23,24)20-9-19(22)25-10-15(21)14-5-6-16-17(8-14)27-11-26-16/h3-8,20H,9-11H2,1-2H3. The minimum Gasteiger partial charge on any atom is -0.456 e. The number of hydrogen-bond donors (Lipinski definition) is 1. The van der Waals surface area contributed by atoms with Gasteiger partial charge in [-0.15, -0.1) is 0 Å². The maximum Gasteiger partial charge on any atom is 0.321 e. The Bertz CT molecular complexity index is 1030.